The van der Waals surface area contributed by atoms with Crippen molar-refractivity contribution < 1.29 is 0 Å². The van der Waals surface area contributed by atoms with Crippen LogP contribution in [0.15, 0.2) is 219 Å². The van der Waals surface area contributed by atoms with Crippen molar-refractivity contribution in [2.45, 2.75) is 0 Å². The van der Waals surface area contributed by atoms with Gasteiger partial charge >= 0.3 is 0 Å². The minimum atomic E-state index is 1.09. The van der Waals surface area contributed by atoms with Gasteiger partial charge in [0, 0.05) is 35.0 Å². The van der Waals surface area contributed by atoms with Crippen LogP contribution in [0.3, 0.4) is 0 Å². The van der Waals surface area contributed by atoms with E-state index in [0.717, 1.165) is 28.2 Å². The Morgan fingerprint density at radius 2 is 0.772 bits per heavy atom. The molecular weight excluding hydrogens is 689 g/mol. The second-order valence-electron chi connectivity index (χ2n) is 14.7. The fraction of sp³-hybridized carbons (Fsp3) is 0. The third-order valence-electron chi connectivity index (χ3n) is 11.4. The maximum Gasteiger partial charge on any atom is 0.0467 e. The summed E-state index contributed by atoms with van der Waals surface area (Å²) in [6, 6.07) is 74.9. The molecule has 0 unspecified atom stereocenters. The minimum Gasteiger partial charge on any atom is -0.310 e. The highest BCUT2D eigenvalue weighted by Crippen LogP contribution is 2.58. The number of para-hydroxylation sites is 1. The molecule has 9 aromatic carbocycles. The smallest absolute Gasteiger partial charge is 0.0467 e. The van der Waals surface area contributed by atoms with Gasteiger partial charge in [0.2, 0.25) is 0 Å². The van der Waals surface area contributed by atoms with Gasteiger partial charge in [-0.1, -0.05) is 164 Å². The van der Waals surface area contributed by atoms with E-state index in [0.29, 0.717) is 0 Å². The summed E-state index contributed by atoms with van der Waals surface area (Å²) in [5.74, 6) is 0. The Hall–Kier alpha value is -7.55. The Labute approximate surface area is 332 Å². The second kappa shape index (κ2) is 13.6. The van der Waals surface area contributed by atoms with Crippen molar-refractivity contribution in [3.63, 3.8) is 0 Å². The number of hydrogen-bond acceptors (Lipinski definition) is 2. The molecule has 2 heteroatoms. The van der Waals surface area contributed by atoms with Crippen molar-refractivity contribution in [2.75, 3.05) is 4.90 Å². The van der Waals surface area contributed by atoms with Crippen molar-refractivity contribution in [3.05, 3.63) is 219 Å². The number of benzene rings is 9. The molecule has 1 heterocycles. The molecule has 0 spiro atoms. The molecular formula is C55H36N2. The summed E-state index contributed by atoms with van der Waals surface area (Å²) in [5.41, 5.74) is 18.1. The predicted molar refractivity (Wildman–Crippen MR) is 240 cm³/mol. The lowest BCUT2D eigenvalue weighted by molar-refractivity contribution is 1.28. The fourth-order valence-corrected chi connectivity index (χ4v) is 9.06. The Bertz CT molecular complexity index is 3010. The maximum atomic E-state index is 4.39. The van der Waals surface area contributed by atoms with Gasteiger partial charge in [-0.05, 0) is 125 Å². The van der Waals surface area contributed by atoms with Crippen LogP contribution in [0.4, 0.5) is 17.1 Å². The molecule has 2 nitrogen and oxygen atoms in total. The van der Waals surface area contributed by atoms with E-state index < -0.39 is 0 Å². The van der Waals surface area contributed by atoms with Crippen LogP contribution in [0.5, 0.6) is 0 Å². The van der Waals surface area contributed by atoms with Gasteiger partial charge in [0.25, 0.3) is 0 Å². The molecule has 0 saturated heterocycles. The first-order valence-electron chi connectivity index (χ1n) is 19.5. The summed E-state index contributed by atoms with van der Waals surface area (Å²) in [6.07, 6.45) is 3.75. The van der Waals surface area contributed by atoms with E-state index in [-0.39, 0.29) is 0 Å². The van der Waals surface area contributed by atoms with Gasteiger partial charge in [-0.2, -0.15) is 0 Å². The number of anilines is 3. The van der Waals surface area contributed by atoms with Gasteiger partial charge in [0.15, 0.2) is 0 Å². The highest BCUT2D eigenvalue weighted by Gasteiger charge is 2.31. The van der Waals surface area contributed by atoms with E-state index >= 15 is 0 Å². The van der Waals surface area contributed by atoms with Crippen molar-refractivity contribution in [2.24, 2.45) is 0 Å². The van der Waals surface area contributed by atoms with E-state index in [1.54, 1.807) is 0 Å². The van der Waals surface area contributed by atoms with E-state index in [1.807, 2.05) is 18.5 Å². The van der Waals surface area contributed by atoms with Gasteiger partial charge in [-0.15, -0.1) is 0 Å². The van der Waals surface area contributed by atoms with Gasteiger partial charge < -0.3 is 4.90 Å². The minimum absolute atomic E-state index is 1.09. The average Bonchev–Trinajstić information content (AvgIpc) is 3.62. The molecule has 0 bridgehead atoms. The van der Waals surface area contributed by atoms with Crippen molar-refractivity contribution in [3.8, 4) is 66.8 Å². The van der Waals surface area contributed by atoms with Gasteiger partial charge in [-0.3, -0.25) is 4.98 Å². The summed E-state index contributed by atoms with van der Waals surface area (Å²) >= 11 is 0. The first-order chi connectivity index (χ1) is 28.3. The fourth-order valence-electron chi connectivity index (χ4n) is 9.06. The average molecular weight is 725 g/mol. The van der Waals surface area contributed by atoms with E-state index in [9.17, 15) is 0 Å². The lowest BCUT2D eigenvalue weighted by Gasteiger charge is -2.26. The SMILES string of the molecule is c1ccc(-c2c3c(c(-c4ccccc4)c4ccccc24)-c2ccc(-c4cccc(N(c5ccccc5)c5cccc(-c6cccnc6)c5)c4)c4cccc-3c24)cc1. The zero-order chi connectivity index (χ0) is 37.7. The Kier molecular flexibility index (Phi) is 7.86. The molecule has 11 rings (SSSR count). The highest BCUT2D eigenvalue weighted by molar-refractivity contribution is 6.28. The highest BCUT2D eigenvalue weighted by atomic mass is 15.1. The van der Waals surface area contributed by atoms with Crippen LogP contribution >= 0.6 is 0 Å². The standard InChI is InChI=1S/C55H36N2/c1-4-16-37(17-5-1)51-47-27-10-11-28-48(47)52(38-18-6-2-7-19-38)55-50-32-31-45(46-29-14-30-49(53(46)50)54(51)55)40-21-13-26-44(35-40)57(42-23-8-3-9-24-42)43-25-12-20-39(34-43)41-22-15-33-56-36-41/h1-36H. The second-order valence-corrected chi connectivity index (χ2v) is 14.7. The molecule has 57 heavy (non-hydrogen) atoms. The third-order valence-corrected chi connectivity index (χ3v) is 11.4. The zero-order valence-corrected chi connectivity index (χ0v) is 31.2. The Morgan fingerprint density at radius 3 is 1.40 bits per heavy atom. The monoisotopic (exact) mass is 724 g/mol. The molecule has 1 aliphatic carbocycles. The summed E-state index contributed by atoms with van der Waals surface area (Å²) in [6.45, 7) is 0. The molecule has 0 atom stereocenters. The van der Waals surface area contributed by atoms with E-state index in [2.05, 4.69) is 210 Å². The number of pyridine rings is 1. The lowest BCUT2D eigenvalue weighted by atomic mass is 9.82. The number of rotatable bonds is 7. The first-order valence-corrected chi connectivity index (χ1v) is 19.5. The van der Waals surface area contributed by atoms with Crippen LogP contribution < -0.4 is 4.90 Å². The number of hydrogen-bond donors (Lipinski definition) is 0. The molecule has 0 radical (unpaired) electrons. The third kappa shape index (κ3) is 5.45. The van der Waals surface area contributed by atoms with Crippen LogP contribution in [-0.2, 0) is 0 Å². The zero-order valence-electron chi connectivity index (χ0n) is 31.2. The molecule has 0 aliphatic heterocycles. The van der Waals surface area contributed by atoms with Crippen LogP contribution in [0.1, 0.15) is 0 Å². The van der Waals surface area contributed by atoms with Gasteiger partial charge in [0.05, 0.1) is 0 Å². The van der Waals surface area contributed by atoms with Gasteiger partial charge in [-0.25, -0.2) is 0 Å². The molecule has 0 saturated carbocycles. The molecule has 1 aromatic heterocycles. The summed E-state index contributed by atoms with van der Waals surface area (Å²) in [7, 11) is 0. The Morgan fingerprint density at radius 1 is 0.298 bits per heavy atom. The largest absolute Gasteiger partial charge is 0.310 e. The predicted octanol–water partition coefficient (Wildman–Crippen LogP) is 15.2. The quantitative estimate of drug-likeness (QED) is 0.163. The molecule has 0 N–H and O–H groups in total. The molecule has 0 fully saturated rings. The number of fused-ring (bicyclic) bond motifs is 4. The van der Waals surface area contributed by atoms with Crippen LogP contribution in [0.25, 0.3) is 88.3 Å². The van der Waals surface area contributed by atoms with Crippen molar-refractivity contribution in [1.82, 2.24) is 4.98 Å². The molecule has 10 aromatic rings. The molecule has 0 amide bonds. The summed E-state index contributed by atoms with van der Waals surface area (Å²) < 4.78 is 0. The molecule has 266 valence electrons. The van der Waals surface area contributed by atoms with Crippen molar-refractivity contribution in [1.29, 1.82) is 0 Å². The maximum absolute atomic E-state index is 4.39. The first kappa shape index (κ1) is 32.8. The summed E-state index contributed by atoms with van der Waals surface area (Å²) in [4.78, 5) is 6.74. The van der Waals surface area contributed by atoms with Gasteiger partial charge in [0.1, 0.15) is 0 Å². The topological polar surface area (TPSA) is 16.1 Å². The summed E-state index contributed by atoms with van der Waals surface area (Å²) in [5, 5.41) is 5.11. The Balaban J connectivity index is 1.13. The number of aromatic nitrogens is 1. The lowest BCUT2D eigenvalue weighted by Crippen LogP contribution is -2.10. The van der Waals surface area contributed by atoms with Crippen LogP contribution in [0, 0.1) is 0 Å². The normalized spacial score (nSPS) is 11.5. The van der Waals surface area contributed by atoms with Crippen LogP contribution in [0.2, 0.25) is 0 Å². The van der Waals surface area contributed by atoms with E-state index in [4.69, 9.17) is 0 Å². The van der Waals surface area contributed by atoms with Crippen molar-refractivity contribution >= 4 is 38.6 Å². The van der Waals surface area contributed by atoms with Crippen LogP contribution in [-0.4, -0.2) is 4.98 Å². The molecule has 1 aliphatic rings. The van der Waals surface area contributed by atoms with E-state index in [1.165, 1.54) is 77.2 Å². The number of nitrogens with zero attached hydrogens (tertiary/aromatic N) is 2.